The van der Waals surface area contributed by atoms with Gasteiger partial charge in [-0.25, -0.2) is 0 Å². The Morgan fingerprint density at radius 3 is 2.60 bits per heavy atom. The van der Waals surface area contributed by atoms with Crippen molar-refractivity contribution in [3.05, 3.63) is 24.3 Å². The standard InChI is InChI=1S/C16H27NO3/c1-3-4-5-8-11-17-12-14(18)13-20-16-10-7-6-9-15(16)19-2/h6-7,9-10,14,17-18H,3-5,8,11-13H2,1-2H3. The summed E-state index contributed by atoms with van der Waals surface area (Å²) in [6.07, 6.45) is 4.42. The maximum Gasteiger partial charge on any atom is 0.161 e. The molecule has 1 aromatic carbocycles. The Bertz CT molecular complexity index is 357. The molecule has 2 N–H and O–H groups in total. The lowest BCUT2D eigenvalue weighted by molar-refractivity contribution is 0.105. The molecular weight excluding hydrogens is 254 g/mol. The number of para-hydroxylation sites is 2. The van der Waals surface area contributed by atoms with Crippen molar-refractivity contribution in [2.45, 2.75) is 38.7 Å². The summed E-state index contributed by atoms with van der Waals surface area (Å²) in [4.78, 5) is 0. The third kappa shape index (κ3) is 6.78. The molecule has 0 spiro atoms. The first kappa shape index (κ1) is 16.8. The molecule has 0 aliphatic rings. The zero-order chi connectivity index (χ0) is 14.6. The van der Waals surface area contributed by atoms with E-state index in [1.54, 1.807) is 7.11 Å². The molecule has 1 atom stereocenters. The van der Waals surface area contributed by atoms with Gasteiger partial charge in [0, 0.05) is 6.54 Å². The summed E-state index contributed by atoms with van der Waals surface area (Å²) in [5.41, 5.74) is 0. The minimum Gasteiger partial charge on any atom is -0.493 e. The lowest BCUT2D eigenvalue weighted by atomic mass is 10.2. The van der Waals surface area contributed by atoms with E-state index in [2.05, 4.69) is 12.2 Å². The maximum absolute atomic E-state index is 9.85. The molecule has 4 nitrogen and oxygen atoms in total. The van der Waals surface area contributed by atoms with Crippen LogP contribution in [0.25, 0.3) is 0 Å². The number of aliphatic hydroxyl groups is 1. The molecule has 0 amide bonds. The number of aliphatic hydroxyl groups excluding tert-OH is 1. The lowest BCUT2D eigenvalue weighted by Crippen LogP contribution is -2.32. The van der Waals surface area contributed by atoms with Gasteiger partial charge in [-0.05, 0) is 25.1 Å². The fraction of sp³-hybridized carbons (Fsp3) is 0.625. The maximum atomic E-state index is 9.85. The highest BCUT2D eigenvalue weighted by atomic mass is 16.5. The molecule has 4 heteroatoms. The van der Waals surface area contributed by atoms with Gasteiger partial charge in [0.15, 0.2) is 11.5 Å². The third-order valence-corrected chi connectivity index (χ3v) is 3.09. The number of rotatable bonds is 11. The van der Waals surface area contributed by atoms with Crippen LogP contribution in [-0.4, -0.2) is 38.0 Å². The van der Waals surface area contributed by atoms with Crippen molar-refractivity contribution < 1.29 is 14.6 Å². The van der Waals surface area contributed by atoms with Gasteiger partial charge in [0.25, 0.3) is 0 Å². The third-order valence-electron chi connectivity index (χ3n) is 3.09. The molecule has 0 heterocycles. The molecule has 0 aliphatic carbocycles. The summed E-state index contributed by atoms with van der Waals surface area (Å²) in [6.45, 7) is 3.97. The highest BCUT2D eigenvalue weighted by Gasteiger charge is 2.07. The van der Waals surface area contributed by atoms with E-state index in [1.807, 2.05) is 24.3 Å². The monoisotopic (exact) mass is 281 g/mol. The fourth-order valence-corrected chi connectivity index (χ4v) is 1.93. The Labute approximate surface area is 122 Å². The summed E-state index contributed by atoms with van der Waals surface area (Å²) in [6, 6.07) is 7.45. The molecule has 1 unspecified atom stereocenters. The molecule has 114 valence electrons. The number of hydrogen-bond donors (Lipinski definition) is 2. The Morgan fingerprint density at radius 1 is 1.15 bits per heavy atom. The number of ether oxygens (including phenoxy) is 2. The van der Waals surface area contributed by atoms with Crippen molar-refractivity contribution in [3.63, 3.8) is 0 Å². The van der Waals surface area contributed by atoms with E-state index in [9.17, 15) is 5.11 Å². The van der Waals surface area contributed by atoms with Gasteiger partial charge in [-0.15, -0.1) is 0 Å². The first-order chi connectivity index (χ1) is 9.77. The SMILES string of the molecule is CCCCCCNCC(O)COc1ccccc1OC. The molecular formula is C16H27NO3. The topological polar surface area (TPSA) is 50.7 Å². The number of unbranched alkanes of at least 4 members (excludes halogenated alkanes) is 3. The van der Waals surface area contributed by atoms with Crippen LogP contribution in [-0.2, 0) is 0 Å². The minimum absolute atomic E-state index is 0.266. The zero-order valence-corrected chi connectivity index (χ0v) is 12.6. The highest BCUT2D eigenvalue weighted by Crippen LogP contribution is 2.25. The van der Waals surface area contributed by atoms with Crippen LogP contribution in [0.15, 0.2) is 24.3 Å². The first-order valence-electron chi connectivity index (χ1n) is 7.42. The molecule has 0 aromatic heterocycles. The van der Waals surface area contributed by atoms with Crippen molar-refractivity contribution >= 4 is 0 Å². The molecule has 0 radical (unpaired) electrons. The van der Waals surface area contributed by atoms with Gasteiger partial charge in [-0.1, -0.05) is 38.3 Å². The summed E-state index contributed by atoms with van der Waals surface area (Å²) in [5.74, 6) is 1.35. The Hall–Kier alpha value is -1.26. The average Bonchev–Trinajstić information content (AvgIpc) is 2.49. The second-order valence-electron chi connectivity index (χ2n) is 4.88. The molecule has 20 heavy (non-hydrogen) atoms. The van der Waals surface area contributed by atoms with Gasteiger partial charge < -0.3 is 19.9 Å². The molecule has 0 aliphatic heterocycles. The van der Waals surface area contributed by atoms with Gasteiger partial charge in [0.2, 0.25) is 0 Å². The first-order valence-corrected chi connectivity index (χ1v) is 7.42. The van der Waals surface area contributed by atoms with Crippen molar-refractivity contribution in [1.29, 1.82) is 0 Å². The van der Waals surface area contributed by atoms with Crippen molar-refractivity contribution in [2.75, 3.05) is 26.8 Å². The summed E-state index contributed by atoms with van der Waals surface area (Å²) in [5, 5.41) is 13.1. The van der Waals surface area contributed by atoms with E-state index in [0.29, 0.717) is 18.0 Å². The summed E-state index contributed by atoms with van der Waals surface area (Å²) in [7, 11) is 1.61. The van der Waals surface area contributed by atoms with Crippen LogP contribution in [0.5, 0.6) is 11.5 Å². The smallest absolute Gasteiger partial charge is 0.161 e. The van der Waals surface area contributed by atoms with E-state index in [1.165, 1.54) is 19.3 Å². The molecule has 0 saturated carbocycles. The van der Waals surface area contributed by atoms with Gasteiger partial charge in [-0.2, -0.15) is 0 Å². The molecule has 1 aromatic rings. The average molecular weight is 281 g/mol. The zero-order valence-electron chi connectivity index (χ0n) is 12.6. The summed E-state index contributed by atoms with van der Waals surface area (Å²) < 4.78 is 10.8. The lowest BCUT2D eigenvalue weighted by Gasteiger charge is -2.15. The molecule has 0 fully saturated rings. The van der Waals surface area contributed by atoms with E-state index in [0.717, 1.165) is 13.0 Å². The van der Waals surface area contributed by atoms with Crippen LogP contribution in [0.4, 0.5) is 0 Å². The largest absolute Gasteiger partial charge is 0.493 e. The Kier molecular flexibility index (Phi) is 8.83. The predicted molar refractivity (Wildman–Crippen MR) is 81.5 cm³/mol. The predicted octanol–water partition coefficient (Wildman–Crippen LogP) is 2.60. The van der Waals surface area contributed by atoms with Crippen LogP contribution in [0, 0.1) is 0 Å². The van der Waals surface area contributed by atoms with Crippen molar-refractivity contribution in [2.24, 2.45) is 0 Å². The number of hydrogen-bond acceptors (Lipinski definition) is 4. The van der Waals surface area contributed by atoms with Gasteiger partial charge in [-0.3, -0.25) is 0 Å². The fourth-order valence-electron chi connectivity index (χ4n) is 1.93. The van der Waals surface area contributed by atoms with Crippen LogP contribution in [0.3, 0.4) is 0 Å². The van der Waals surface area contributed by atoms with Crippen molar-refractivity contribution in [3.8, 4) is 11.5 Å². The van der Waals surface area contributed by atoms with Crippen molar-refractivity contribution in [1.82, 2.24) is 5.32 Å². The quantitative estimate of drug-likeness (QED) is 0.612. The molecule has 0 bridgehead atoms. The number of nitrogens with one attached hydrogen (secondary N) is 1. The van der Waals surface area contributed by atoms with Crippen LogP contribution < -0.4 is 14.8 Å². The van der Waals surface area contributed by atoms with Crippen LogP contribution in [0.2, 0.25) is 0 Å². The Morgan fingerprint density at radius 2 is 1.90 bits per heavy atom. The summed E-state index contributed by atoms with van der Waals surface area (Å²) >= 11 is 0. The van der Waals surface area contributed by atoms with Crippen LogP contribution in [0.1, 0.15) is 32.6 Å². The number of methoxy groups -OCH3 is 1. The van der Waals surface area contributed by atoms with Gasteiger partial charge in [0.05, 0.1) is 7.11 Å². The number of benzene rings is 1. The van der Waals surface area contributed by atoms with E-state index < -0.39 is 6.10 Å². The Balaban J connectivity index is 2.14. The van der Waals surface area contributed by atoms with Crippen LogP contribution >= 0.6 is 0 Å². The highest BCUT2D eigenvalue weighted by molar-refractivity contribution is 5.39. The molecule has 0 saturated heterocycles. The minimum atomic E-state index is -0.508. The normalized spacial score (nSPS) is 12.2. The molecule has 1 rings (SSSR count). The van der Waals surface area contributed by atoms with Gasteiger partial charge >= 0.3 is 0 Å². The van der Waals surface area contributed by atoms with E-state index in [4.69, 9.17) is 9.47 Å². The van der Waals surface area contributed by atoms with E-state index in [-0.39, 0.29) is 6.61 Å². The van der Waals surface area contributed by atoms with E-state index >= 15 is 0 Å². The second kappa shape index (κ2) is 10.5. The van der Waals surface area contributed by atoms with Gasteiger partial charge in [0.1, 0.15) is 12.7 Å². The second-order valence-corrected chi connectivity index (χ2v) is 4.88.